The standard InChI is InChI=1S/C14H18F2N2O/c1-17-8-14(4-5-14)9-18-13(19)6-10-2-3-11(15)7-12(10)16/h2-3,7,17H,4-6,8-9H2,1H3,(H,18,19). The number of rotatable bonds is 6. The second kappa shape index (κ2) is 5.65. The molecule has 1 aliphatic rings. The van der Waals surface area contributed by atoms with Gasteiger partial charge in [0, 0.05) is 24.6 Å². The van der Waals surface area contributed by atoms with Crippen molar-refractivity contribution in [3.8, 4) is 0 Å². The molecule has 0 heterocycles. The van der Waals surface area contributed by atoms with Gasteiger partial charge >= 0.3 is 0 Å². The maximum absolute atomic E-state index is 13.4. The van der Waals surface area contributed by atoms with Crippen molar-refractivity contribution in [2.24, 2.45) is 5.41 Å². The fourth-order valence-corrected chi connectivity index (χ4v) is 2.15. The highest BCUT2D eigenvalue weighted by Gasteiger charge is 2.41. The average molecular weight is 268 g/mol. The lowest BCUT2D eigenvalue weighted by Gasteiger charge is -2.15. The zero-order chi connectivity index (χ0) is 13.9. The van der Waals surface area contributed by atoms with Crippen molar-refractivity contribution < 1.29 is 13.6 Å². The Labute approximate surface area is 111 Å². The van der Waals surface area contributed by atoms with Gasteiger partial charge in [-0.1, -0.05) is 6.07 Å². The minimum Gasteiger partial charge on any atom is -0.355 e. The molecule has 0 atom stereocenters. The Morgan fingerprint density at radius 2 is 2.05 bits per heavy atom. The lowest BCUT2D eigenvalue weighted by atomic mass is 10.1. The number of amides is 1. The Kier molecular flexibility index (Phi) is 4.14. The Morgan fingerprint density at radius 1 is 1.32 bits per heavy atom. The van der Waals surface area contributed by atoms with Crippen molar-refractivity contribution in [1.29, 1.82) is 0 Å². The van der Waals surface area contributed by atoms with Gasteiger partial charge in [-0.25, -0.2) is 8.78 Å². The van der Waals surface area contributed by atoms with Gasteiger partial charge in [0.1, 0.15) is 11.6 Å². The lowest BCUT2D eigenvalue weighted by molar-refractivity contribution is -0.120. The van der Waals surface area contributed by atoms with Crippen LogP contribution in [0, 0.1) is 17.0 Å². The second-order valence-corrected chi connectivity index (χ2v) is 5.22. The zero-order valence-electron chi connectivity index (χ0n) is 10.9. The second-order valence-electron chi connectivity index (χ2n) is 5.22. The smallest absolute Gasteiger partial charge is 0.224 e. The van der Waals surface area contributed by atoms with Gasteiger partial charge in [-0.3, -0.25) is 4.79 Å². The summed E-state index contributed by atoms with van der Waals surface area (Å²) in [6.07, 6.45) is 2.14. The van der Waals surface area contributed by atoms with E-state index in [1.165, 1.54) is 6.07 Å². The van der Waals surface area contributed by atoms with E-state index in [4.69, 9.17) is 0 Å². The molecule has 0 unspecified atom stereocenters. The molecule has 2 N–H and O–H groups in total. The number of hydrogen-bond acceptors (Lipinski definition) is 2. The van der Waals surface area contributed by atoms with Crippen LogP contribution in [0.15, 0.2) is 18.2 Å². The van der Waals surface area contributed by atoms with Gasteiger partial charge in [-0.05, 0) is 31.5 Å². The maximum atomic E-state index is 13.4. The lowest BCUT2D eigenvalue weighted by Crippen LogP contribution is -2.35. The molecule has 0 aromatic heterocycles. The highest BCUT2D eigenvalue weighted by Crippen LogP contribution is 2.44. The van der Waals surface area contributed by atoms with Gasteiger partial charge in [-0.2, -0.15) is 0 Å². The number of carbonyl (C=O) groups excluding carboxylic acids is 1. The van der Waals surface area contributed by atoms with E-state index in [1.54, 1.807) is 0 Å². The number of carbonyl (C=O) groups is 1. The van der Waals surface area contributed by atoms with Crippen molar-refractivity contribution >= 4 is 5.91 Å². The third-order valence-corrected chi connectivity index (χ3v) is 3.54. The monoisotopic (exact) mass is 268 g/mol. The molecule has 1 saturated carbocycles. The molecule has 3 nitrogen and oxygen atoms in total. The Balaban J connectivity index is 1.84. The van der Waals surface area contributed by atoms with Crippen LogP contribution in [0.3, 0.4) is 0 Å². The summed E-state index contributed by atoms with van der Waals surface area (Å²) in [7, 11) is 1.88. The molecule has 0 saturated heterocycles. The number of hydrogen-bond donors (Lipinski definition) is 2. The molecular formula is C14H18F2N2O. The van der Waals surface area contributed by atoms with E-state index in [0.29, 0.717) is 6.54 Å². The van der Waals surface area contributed by atoms with Crippen molar-refractivity contribution in [3.63, 3.8) is 0 Å². The minimum atomic E-state index is -0.675. The summed E-state index contributed by atoms with van der Waals surface area (Å²) in [4.78, 5) is 11.7. The van der Waals surface area contributed by atoms with E-state index >= 15 is 0 Å². The van der Waals surface area contributed by atoms with Crippen molar-refractivity contribution in [2.45, 2.75) is 19.3 Å². The molecule has 0 aliphatic heterocycles. The molecule has 0 spiro atoms. The molecule has 2 rings (SSSR count). The fraction of sp³-hybridized carbons (Fsp3) is 0.500. The number of nitrogens with one attached hydrogen (secondary N) is 2. The molecule has 0 radical (unpaired) electrons. The molecule has 1 amide bonds. The van der Waals surface area contributed by atoms with E-state index in [9.17, 15) is 13.6 Å². The molecule has 19 heavy (non-hydrogen) atoms. The summed E-state index contributed by atoms with van der Waals surface area (Å²) >= 11 is 0. The van der Waals surface area contributed by atoms with Crippen LogP contribution >= 0.6 is 0 Å². The van der Waals surface area contributed by atoms with E-state index < -0.39 is 11.6 Å². The van der Waals surface area contributed by atoms with Crippen molar-refractivity contribution in [3.05, 3.63) is 35.4 Å². The Hall–Kier alpha value is -1.49. The van der Waals surface area contributed by atoms with Crippen LogP contribution in [-0.4, -0.2) is 26.0 Å². The highest BCUT2D eigenvalue weighted by molar-refractivity contribution is 5.78. The van der Waals surface area contributed by atoms with E-state index in [-0.39, 0.29) is 23.3 Å². The summed E-state index contributed by atoms with van der Waals surface area (Å²) in [5.41, 5.74) is 0.392. The molecule has 5 heteroatoms. The summed E-state index contributed by atoms with van der Waals surface area (Å²) in [5, 5.41) is 5.93. The third-order valence-electron chi connectivity index (χ3n) is 3.54. The summed E-state index contributed by atoms with van der Waals surface area (Å²) < 4.78 is 26.1. The molecule has 1 fully saturated rings. The fourth-order valence-electron chi connectivity index (χ4n) is 2.15. The number of benzene rings is 1. The molecule has 1 aromatic carbocycles. The Bertz CT molecular complexity index is 473. The first-order valence-electron chi connectivity index (χ1n) is 6.40. The topological polar surface area (TPSA) is 41.1 Å². The van der Waals surface area contributed by atoms with Crippen LogP contribution in [0.25, 0.3) is 0 Å². The van der Waals surface area contributed by atoms with Gasteiger partial charge < -0.3 is 10.6 Å². The van der Waals surface area contributed by atoms with Crippen LogP contribution < -0.4 is 10.6 Å². The first-order chi connectivity index (χ1) is 9.04. The normalized spacial score (nSPS) is 16.2. The van der Waals surface area contributed by atoms with Crippen LogP contribution in [0.5, 0.6) is 0 Å². The average Bonchev–Trinajstić information content (AvgIpc) is 3.11. The van der Waals surface area contributed by atoms with Gasteiger partial charge in [0.05, 0.1) is 6.42 Å². The van der Waals surface area contributed by atoms with Gasteiger partial charge in [0.15, 0.2) is 0 Å². The minimum absolute atomic E-state index is 0.0538. The third kappa shape index (κ3) is 3.73. The van der Waals surface area contributed by atoms with E-state index in [1.807, 2.05) is 7.05 Å². The summed E-state index contributed by atoms with van der Waals surface area (Å²) in [6, 6.07) is 3.27. The molecule has 104 valence electrons. The molecular weight excluding hydrogens is 250 g/mol. The maximum Gasteiger partial charge on any atom is 0.224 e. The van der Waals surface area contributed by atoms with Crippen LogP contribution in [-0.2, 0) is 11.2 Å². The van der Waals surface area contributed by atoms with Crippen molar-refractivity contribution in [2.75, 3.05) is 20.1 Å². The molecule has 0 bridgehead atoms. The van der Waals surface area contributed by atoms with Gasteiger partial charge in [0.25, 0.3) is 0 Å². The van der Waals surface area contributed by atoms with Crippen LogP contribution in [0.4, 0.5) is 8.78 Å². The van der Waals surface area contributed by atoms with Crippen LogP contribution in [0.2, 0.25) is 0 Å². The van der Waals surface area contributed by atoms with Gasteiger partial charge in [-0.15, -0.1) is 0 Å². The number of halogens is 2. The van der Waals surface area contributed by atoms with E-state index in [2.05, 4.69) is 10.6 Å². The van der Waals surface area contributed by atoms with Gasteiger partial charge in [0.2, 0.25) is 5.91 Å². The summed E-state index contributed by atoms with van der Waals surface area (Å²) in [5.74, 6) is -1.54. The SMILES string of the molecule is CNCC1(CNC(=O)Cc2ccc(F)cc2F)CC1. The molecule has 1 aromatic rings. The first kappa shape index (κ1) is 13.9. The highest BCUT2D eigenvalue weighted by atomic mass is 19.1. The van der Waals surface area contributed by atoms with E-state index in [0.717, 1.165) is 31.5 Å². The largest absolute Gasteiger partial charge is 0.355 e. The quantitative estimate of drug-likeness (QED) is 0.823. The van der Waals surface area contributed by atoms with Crippen LogP contribution in [0.1, 0.15) is 18.4 Å². The zero-order valence-corrected chi connectivity index (χ0v) is 10.9. The Morgan fingerprint density at radius 3 is 2.63 bits per heavy atom. The molecule has 1 aliphatic carbocycles. The summed E-state index contributed by atoms with van der Waals surface area (Å²) in [6.45, 7) is 1.48. The first-order valence-corrected chi connectivity index (χ1v) is 6.40. The van der Waals surface area contributed by atoms with Crippen molar-refractivity contribution in [1.82, 2.24) is 10.6 Å². The predicted octanol–water partition coefficient (Wildman–Crippen LogP) is 1.62. The predicted molar refractivity (Wildman–Crippen MR) is 68.7 cm³/mol.